The van der Waals surface area contributed by atoms with Crippen LogP contribution in [0.5, 0.6) is 0 Å². The van der Waals surface area contributed by atoms with Crippen molar-refractivity contribution in [2.45, 2.75) is 26.4 Å². The lowest BCUT2D eigenvalue weighted by atomic mass is 10.1. The van der Waals surface area contributed by atoms with Crippen LogP contribution in [0.4, 0.5) is 9.80 Å². The minimum Gasteiger partial charge on any atom is -0.478 e. The number of carboxylic acids is 1. The number of carbonyl (C=O) groups is 2. The van der Waals surface area contributed by atoms with Crippen molar-refractivity contribution >= 4 is 28.4 Å². The molecule has 0 aliphatic carbocycles. The van der Waals surface area contributed by atoms with E-state index in [0.717, 1.165) is 11.3 Å². The number of nitrogens with zero attached hydrogens (tertiary/aromatic N) is 2. The number of hydrogen-bond acceptors (Lipinski definition) is 5. The maximum absolute atomic E-state index is 11.8. The molecule has 2 N–H and O–H groups in total. The first-order chi connectivity index (χ1) is 10.2. The van der Waals surface area contributed by atoms with Gasteiger partial charge >= 0.3 is 12.1 Å². The third-order valence-corrected chi connectivity index (χ3v) is 3.53. The van der Waals surface area contributed by atoms with Gasteiger partial charge in [0.25, 0.3) is 0 Å². The minimum atomic E-state index is -1.12. The van der Waals surface area contributed by atoms with E-state index in [1.807, 2.05) is 0 Å². The molecule has 0 aromatic carbocycles. The van der Waals surface area contributed by atoms with E-state index in [0.29, 0.717) is 11.1 Å². The standard InChI is InChI=1S/C14H17N3O4S/c1-14(2,3)21-13(20)16-11-10(12(18)19)9(7-22-11)8-5-15-17(4)6-8/h5-7H,1-4H3,(H,16,20)(H,18,19). The second-order valence-corrected chi connectivity index (χ2v) is 6.57. The van der Waals surface area contributed by atoms with Gasteiger partial charge in [0, 0.05) is 29.8 Å². The number of aromatic nitrogens is 2. The molecule has 2 aromatic rings. The van der Waals surface area contributed by atoms with Gasteiger partial charge < -0.3 is 9.84 Å². The molecule has 0 aliphatic heterocycles. The Bertz CT molecular complexity index is 712. The van der Waals surface area contributed by atoms with Gasteiger partial charge in [0.1, 0.15) is 16.2 Å². The number of thiophene rings is 1. The fourth-order valence-corrected chi connectivity index (χ4v) is 2.78. The Hall–Kier alpha value is -2.35. The zero-order valence-corrected chi connectivity index (χ0v) is 13.5. The summed E-state index contributed by atoms with van der Waals surface area (Å²) in [6, 6.07) is 0. The molecule has 22 heavy (non-hydrogen) atoms. The Morgan fingerprint density at radius 2 is 2.09 bits per heavy atom. The van der Waals surface area contributed by atoms with Gasteiger partial charge in [-0.1, -0.05) is 0 Å². The van der Waals surface area contributed by atoms with Crippen molar-refractivity contribution in [1.29, 1.82) is 0 Å². The second kappa shape index (κ2) is 5.80. The molecule has 0 aliphatic rings. The Morgan fingerprint density at radius 1 is 1.41 bits per heavy atom. The molecule has 0 saturated heterocycles. The van der Waals surface area contributed by atoms with Crippen LogP contribution in [-0.4, -0.2) is 32.6 Å². The van der Waals surface area contributed by atoms with Crippen LogP contribution >= 0.6 is 11.3 Å². The zero-order chi connectivity index (χ0) is 16.5. The predicted molar refractivity (Wildman–Crippen MR) is 83.3 cm³/mol. The van der Waals surface area contributed by atoms with Crippen molar-refractivity contribution < 1.29 is 19.4 Å². The average molecular weight is 323 g/mol. The number of carboxylic acid groups (broad SMARTS) is 1. The molecule has 118 valence electrons. The van der Waals surface area contributed by atoms with Crippen LogP contribution in [0.2, 0.25) is 0 Å². The Kier molecular flexibility index (Phi) is 4.23. The van der Waals surface area contributed by atoms with E-state index < -0.39 is 17.7 Å². The van der Waals surface area contributed by atoms with Crippen LogP contribution in [0.25, 0.3) is 11.1 Å². The molecule has 0 radical (unpaired) electrons. The summed E-state index contributed by atoms with van der Waals surface area (Å²) in [7, 11) is 1.75. The monoisotopic (exact) mass is 323 g/mol. The Balaban J connectivity index is 2.32. The third kappa shape index (κ3) is 3.64. The van der Waals surface area contributed by atoms with Gasteiger partial charge in [-0.15, -0.1) is 11.3 Å². The molecule has 0 bridgehead atoms. The molecular formula is C14H17N3O4S. The van der Waals surface area contributed by atoms with Crippen molar-refractivity contribution in [2.24, 2.45) is 7.05 Å². The quantitative estimate of drug-likeness (QED) is 0.904. The number of rotatable bonds is 3. The fraction of sp³-hybridized carbons (Fsp3) is 0.357. The van der Waals surface area contributed by atoms with Gasteiger partial charge in [0.2, 0.25) is 0 Å². The second-order valence-electron chi connectivity index (χ2n) is 5.69. The third-order valence-electron chi connectivity index (χ3n) is 2.64. The van der Waals surface area contributed by atoms with E-state index in [2.05, 4.69) is 10.4 Å². The van der Waals surface area contributed by atoms with Gasteiger partial charge in [-0.3, -0.25) is 10.00 Å². The van der Waals surface area contributed by atoms with Gasteiger partial charge in [-0.05, 0) is 20.8 Å². The predicted octanol–water partition coefficient (Wildman–Crippen LogP) is 3.19. The van der Waals surface area contributed by atoms with Gasteiger partial charge in [0.05, 0.1) is 6.20 Å². The summed E-state index contributed by atoms with van der Waals surface area (Å²) in [4.78, 5) is 23.4. The van der Waals surface area contributed by atoms with E-state index in [4.69, 9.17) is 4.74 Å². The fourth-order valence-electron chi connectivity index (χ4n) is 1.83. The van der Waals surface area contributed by atoms with Crippen molar-refractivity contribution in [2.75, 3.05) is 5.32 Å². The number of amides is 1. The number of hydrogen-bond donors (Lipinski definition) is 2. The maximum Gasteiger partial charge on any atom is 0.412 e. The van der Waals surface area contributed by atoms with Crippen LogP contribution < -0.4 is 5.32 Å². The minimum absolute atomic E-state index is 0.0314. The molecule has 2 rings (SSSR count). The van der Waals surface area contributed by atoms with Crippen LogP contribution in [0.15, 0.2) is 17.8 Å². The van der Waals surface area contributed by atoms with Crippen molar-refractivity contribution in [3.63, 3.8) is 0 Å². The number of aromatic carboxylic acids is 1. The zero-order valence-electron chi connectivity index (χ0n) is 12.7. The number of ether oxygens (including phenoxy) is 1. The SMILES string of the molecule is Cn1cc(-c2csc(NC(=O)OC(C)(C)C)c2C(=O)O)cn1. The van der Waals surface area contributed by atoms with Crippen LogP contribution in [0.3, 0.4) is 0 Å². The Labute approximate surface area is 131 Å². The largest absolute Gasteiger partial charge is 0.478 e. The van der Waals surface area contributed by atoms with E-state index in [-0.39, 0.29) is 10.6 Å². The van der Waals surface area contributed by atoms with Gasteiger partial charge in [-0.2, -0.15) is 5.10 Å². The lowest BCUT2D eigenvalue weighted by Gasteiger charge is -2.19. The molecule has 0 unspecified atom stereocenters. The summed E-state index contributed by atoms with van der Waals surface area (Å²) in [6.45, 7) is 5.21. The number of aryl methyl sites for hydroxylation is 1. The van der Waals surface area contributed by atoms with Crippen LogP contribution in [0, 0.1) is 0 Å². The highest BCUT2D eigenvalue weighted by molar-refractivity contribution is 7.15. The smallest absolute Gasteiger partial charge is 0.412 e. The molecule has 0 atom stereocenters. The highest BCUT2D eigenvalue weighted by atomic mass is 32.1. The summed E-state index contributed by atoms with van der Waals surface area (Å²) in [5.41, 5.74) is 0.561. The molecule has 0 spiro atoms. The Morgan fingerprint density at radius 3 is 2.59 bits per heavy atom. The van der Waals surface area contributed by atoms with Gasteiger partial charge in [-0.25, -0.2) is 9.59 Å². The average Bonchev–Trinajstić information content (AvgIpc) is 2.92. The first-order valence-electron chi connectivity index (χ1n) is 6.51. The molecule has 0 saturated carbocycles. The first-order valence-corrected chi connectivity index (χ1v) is 7.39. The summed E-state index contributed by atoms with van der Waals surface area (Å²) in [5, 5.41) is 17.9. The number of nitrogens with one attached hydrogen (secondary N) is 1. The molecule has 0 fully saturated rings. The summed E-state index contributed by atoms with van der Waals surface area (Å²) in [6.07, 6.45) is 2.60. The summed E-state index contributed by atoms with van der Waals surface area (Å²) >= 11 is 1.13. The van der Waals surface area contributed by atoms with E-state index in [1.165, 1.54) is 0 Å². The lowest BCUT2D eigenvalue weighted by Crippen LogP contribution is -2.27. The normalized spacial score (nSPS) is 11.3. The lowest BCUT2D eigenvalue weighted by molar-refractivity contribution is 0.0636. The van der Waals surface area contributed by atoms with Crippen molar-refractivity contribution in [3.8, 4) is 11.1 Å². The summed E-state index contributed by atoms with van der Waals surface area (Å²) < 4.78 is 6.73. The number of anilines is 1. The molecule has 2 aromatic heterocycles. The molecule has 7 nitrogen and oxygen atoms in total. The molecule has 1 amide bonds. The van der Waals surface area contributed by atoms with Crippen molar-refractivity contribution in [1.82, 2.24) is 9.78 Å². The summed E-state index contributed by atoms with van der Waals surface area (Å²) in [5.74, 6) is -1.12. The molecular weight excluding hydrogens is 306 g/mol. The van der Waals surface area contributed by atoms with Crippen LogP contribution in [0.1, 0.15) is 31.1 Å². The molecule has 2 heterocycles. The van der Waals surface area contributed by atoms with Gasteiger partial charge in [0.15, 0.2) is 0 Å². The topological polar surface area (TPSA) is 93.5 Å². The number of carbonyl (C=O) groups excluding carboxylic acids is 1. The maximum atomic E-state index is 11.8. The van der Waals surface area contributed by atoms with Crippen molar-refractivity contribution in [3.05, 3.63) is 23.3 Å². The highest BCUT2D eigenvalue weighted by Gasteiger charge is 2.23. The molecule has 8 heteroatoms. The van der Waals surface area contributed by atoms with E-state index >= 15 is 0 Å². The van der Waals surface area contributed by atoms with E-state index in [9.17, 15) is 14.7 Å². The van der Waals surface area contributed by atoms with E-state index in [1.54, 1.807) is 50.3 Å². The highest BCUT2D eigenvalue weighted by Crippen LogP contribution is 2.35. The van der Waals surface area contributed by atoms with Crippen LogP contribution in [-0.2, 0) is 11.8 Å². The first kappa shape index (κ1) is 16.0.